The molecule has 1 N–H and O–H groups in total. The molecule has 1 aromatic heterocycles. The van der Waals surface area contributed by atoms with Gasteiger partial charge in [-0.15, -0.1) is 0 Å². The fourth-order valence-corrected chi connectivity index (χ4v) is 1.81. The molecule has 0 atom stereocenters. The Kier molecular flexibility index (Phi) is 3.56. The zero-order valence-electron chi connectivity index (χ0n) is 9.69. The van der Waals surface area contributed by atoms with Crippen LogP contribution >= 0.6 is 0 Å². The first-order chi connectivity index (χ1) is 7.81. The third-order valence-corrected chi connectivity index (χ3v) is 2.75. The van der Waals surface area contributed by atoms with E-state index in [1.807, 2.05) is 6.92 Å². The highest BCUT2D eigenvalue weighted by atomic mass is 16.5. The molecule has 0 amide bonds. The number of piperidine rings is 1. The van der Waals surface area contributed by atoms with E-state index in [0.717, 1.165) is 31.5 Å². The topological polar surface area (TPSA) is 56.3 Å². The summed E-state index contributed by atoms with van der Waals surface area (Å²) in [5.41, 5.74) is 0.864. The molecule has 16 heavy (non-hydrogen) atoms. The summed E-state index contributed by atoms with van der Waals surface area (Å²) in [5, 5.41) is 3.30. The first-order valence-electron chi connectivity index (χ1n) is 5.54. The maximum atomic E-state index is 5.86. The van der Waals surface area contributed by atoms with Crippen LogP contribution in [0.25, 0.3) is 0 Å². The van der Waals surface area contributed by atoms with E-state index in [9.17, 15) is 0 Å². The number of hydrogen-bond acceptors (Lipinski definition) is 5. The van der Waals surface area contributed by atoms with Gasteiger partial charge >= 0.3 is 0 Å². The summed E-state index contributed by atoms with van der Waals surface area (Å²) in [7, 11) is 1.60. The standard InChI is InChI=1S/C11H17N3O2/c1-8-10(15-2)13-7-14-11(8)16-9-3-5-12-6-4-9/h7,9,12H,3-6H2,1-2H3. The number of aromatic nitrogens is 2. The molecule has 5 nitrogen and oxygen atoms in total. The lowest BCUT2D eigenvalue weighted by Gasteiger charge is -2.23. The molecule has 0 unspecified atom stereocenters. The van der Waals surface area contributed by atoms with Crippen molar-refractivity contribution in [3.05, 3.63) is 11.9 Å². The second-order valence-electron chi connectivity index (χ2n) is 3.88. The van der Waals surface area contributed by atoms with Crippen LogP contribution in [0.15, 0.2) is 6.33 Å². The van der Waals surface area contributed by atoms with Gasteiger partial charge in [-0.2, -0.15) is 0 Å². The molecule has 0 aromatic carbocycles. The lowest BCUT2D eigenvalue weighted by molar-refractivity contribution is 0.153. The van der Waals surface area contributed by atoms with Crippen molar-refractivity contribution in [2.45, 2.75) is 25.9 Å². The highest BCUT2D eigenvalue weighted by Gasteiger charge is 2.17. The van der Waals surface area contributed by atoms with Gasteiger partial charge in [-0.1, -0.05) is 0 Å². The van der Waals surface area contributed by atoms with Gasteiger partial charge in [-0.25, -0.2) is 9.97 Å². The second kappa shape index (κ2) is 5.12. The lowest BCUT2D eigenvalue weighted by atomic mass is 10.1. The van der Waals surface area contributed by atoms with Crippen LogP contribution in [0.2, 0.25) is 0 Å². The first kappa shape index (κ1) is 11.1. The minimum atomic E-state index is 0.250. The van der Waals surface area contributed by atoms with Crippen LogP contribution in [0.5, 0.6) is 11.8 Å². The van der Waals surface area contributed by atoms with Gasteiger partial charge < -0.3 is 14.8 Å². The third kappa shape index (κ3) is 2.41. The average molecular weight is 223 g/mol. The molecule has 1 aliphatic rings. The number of nitrogens with one attached hydrogen (secondary N) is 1. The summed E-state index contributed by atoms with van der Waals surface area (Å²) in [6, 6.07) is 0. The summed E-state index contributed by atoms with van der Waals surface area (Å²) < 4.78 is 11.0. The zero-order chi connectivity index (χ0) is 11.4. The Bertz CT molecular complexity index is 351. The summed E-state index contributed by atoms with van der Waals surface area (Å²) in [6.45, 7) is 3.92. The predicted octanol–water partition coefficient (Wildman–Crippen LogP) is 0.924. The van der Waals surface area contributed by atoms with Gasteiger partial charge in [-0.05, 0) is 32.9 Å². The summed E-state index contributed by atoms with van der Waals surface area (Å²) in [5.74, 6) is 1.22. The molecule has 0 aliphatic carbocycles. The van der Waals surface area contributed by atoms with Gasteiger partial charge in [-0.3, -0.25) is 0 Å². The highest BCUT2D eigenvalue weighted by Crippen LogP contribution is 2.24. The predicted molar refractivity (Wildman–Crippen MR) is 59.8 cm³/mol. The quantitative estimate of drug-likeness (QED) is 0.826. The van der Waals surface area contributed by atoms with Gasteiger partial charge in [0.05, 0.1) is 12.7 Å². The van der Waals surface area contributed by atoms with Gasteiger partial charge in [0.1, 0.15) is 12.4 Å². The molecule has 0 saturated carbocycles. The Morgan fingerprint density at radius 1 is 1.25 bits per heavy atom. The molecule has 88 valence electrons. The molecule has 1 fully saturated rings. The third-order valence-electron chi connectivity index (χ3n) is 2.75. The Hall–Kier alpha value is -1.36. The summed E-state index contributed by atoms with van der Waals surface area (Å²) in [4.78, 5) is 8.17. The first-order valence-corrected chi connectivity index (χ1v) is 5.54. The van der Waals surface area contributed by atoms with Crippen molar-refractivity contribution < 1.29 is 9.47 Å². The van der Waals surface area contributed by atoms with Crippen molar-refractivity contribution in [1.29, 1.82) is 0 Å². The second-order valence-corrected chi connectivity index (χ2v) is 3.88. The van der Waals surface area contributed by atoms with Crippen molar-refractivity contribution >= 4 is 0 Å². The van der Waals surface area contributed by atoms with Crippen LogP contribution in [-0.4, -0.2) is 36.3 Å². The fourth-order valence-electron chi connectivity index (χ4n) is 1.81. The van der Waals surface area contributed by atoms with E-state index < -0.39 is 0 Å². The van der Waals surface area contributed by atoms with Gasteiger partial charge in [0.2, 0.25) is 11.8 Å². The van der Waals surface area contributed by atoms with Crippen molar-refractivity contribution in [1.82, 2.24) is 15.3 Å². The van der Waals surface area contributed by atoms with Crippen molar-refractivity contribution in [3.8, 4) is 11.8 Å². The van der Waals surface area contributed by atoms with Crippen LogP contribution in [0.1, 0.15) is 18.4 Å². The number of hydrogen-bond donors (Lipinski definition) is 1. The minimum Gasteiger partial charge on any atom is -0.481 e. The number of rotatable bonds is 3. The van der Waals surface area contributed by atoms with Crippen molar-refractivity contribution in [3.63, 3.8) is 0 Å². The average Bonchev–Trinajstić information content (AvgIpc) is 2.33. The maximum Gasteiger partial charge on any atom is 0.223 e. The van der Waals surface area contributed by atoms with E-state index >= 15 is 0 Å². The Balaban J connectivity index is 2.08. The van der Waals surface area contributed by atoms with E-state index in [1.54, 1.807) is 7.11 Å². The van der Waals surface area contributed by atoms with Gasteiger partial charge in [0, 0.05) is 0 Å². The van der Waals surface area contributed by atoms with E-state index in [1.165, 1.54) is 6.33 Å². The molecule has 1 aromatic rings. The van der Waals surface area contributed by atoms with Crippen molar-refractivity contribution in [2.24, 2.45) is 0 Å². The van der Waals surface area contributed by atoms with Crippen LogP contribution < -0.4 is 14.8 Å². The van der Waals surface area contributed by atoms with E-state index in [2.05, 4.69) is 15.3 Å². The fraction of sp³-hybridized carbons (Fsp3) is 0.636. The number of ether oxygens (including phenoxy) is 2. The number of methoxy groups -OCH3 is 1. The summed E-state index contributed by atoms with van der Waals surface area (Å²) in [6.07, 6.45) is 3.76. The lowest BCUT2D eigenvalue weighted by Crippen LogP contribution is -2.34. The van der Waals surface area contributed by atoms with E-state index in [0.29, 0.717) is 11.8 Å². The Morgan fingerprint density at radius 2 is 1.94 bits per heavy atom. The molecule has 0 bridgehead atoms. The van der Waals surface area contributed by atoms with E-state index in [-0.39, 0.29) is 6.10 Å². The smallest absolute Gasteiger partial charge is 0.223 e. The van der Waals surface area contributed by atoms with Crippen molar-refractivity contribution in [2.75, 3.05) is 20.2 Å². The molecule has 0 radical (unpaired) electrons. The molecule has 2 heterocycles. The minimum absolute atomic E-state index is 0.250. The monoisotopic (exact) mass is 223 g/mol. The largest absolute Gasteiger partial charge is 0.481 e. The Morgan fingerprint density at radius 3 is 2.62 bits per heavy atom. The van der Waals surface area contributed by atoms with Crippen LogP contribution in [-0.2, 0) is 0 Å². The molecule has 5 heteroatoms. The zero-order valence-corrected chi connectivity index (χ0v) is 9.69. The SMILES string of the molecule is COc1ncnc(OC2CCNCC2)c1C. The summed E-state index contributed by atoms with van der Waals surface area (Å²) >= 11 is 0. The molecular formula is C11H17N3O2. The molecule has 0 spiro atoms. The van der Waals surface area contributed by atoms with Gasteiger partial charge in [0.15, 0.2) is 0 Å². The van der Waals surface area contributed by atoms with Gasteiger partial charge in [0.25, 0.3) is 0 Å². The number of nitrogens with zero attached hydrogens (tertiary/aromatic N) is 2. The van der Waals surface area contributed by atoms with Crippen LogP contribution in [0.4, 0.5) is 0 Å². The Labute approximate surface area is 95.2 Å². The van der Waals surface area contributed by atoms with Crippen LogP contribution in [0, 0.1) is 6.92 Å². The normalized spacial score (nSPS) is 17.1. The molecule has 1 aliphatic heterocycles. The van der Waals surface area contributed by atoms with E-state index in [4.69, 9.17) is 9.47 Å². The van der Waals surface area contributed by atoms with Crippen LogP contribution in [0.3, 0.4) is 0 Å². The molecular weight excluding hydrogens is 206 g/mol. The highest BCUT2D eigenvalue weighted by molar-refractivity contribution is 5.32. The molecule has 1 saturated heterocycles. The maximum absolute atomic E-state index is 5.86. The molecule has 2 rings (SSSR count).